The van der Waals surface area contributed by atoms with Gasteiger partial charge in [0.25, 0.3) is 0 Å². The Morgan fingerprint density at radius 3 is 1.36 bits per heavy atom. The van der Waals surface area contributed by atoms with Crippen LogP contribution < -0.4 is 29.6 Å². The molecular formula is C19H39NaO4S. The van der Waals surface area contributed by atoms with Gasteiger partial charge in [-0.15, -0.1) is 0 Å². The molecule has 0 saturated heterocycles. The number of unbranched alkanes of at least 4 members (excludes halogenated alkanes) is 11. The second-order valence-electron chi connectivity index (χ2n) is 7.19. The SMILES string of the molecule is CCC(CCCCCCCCCCCCCCC(C)O)S(=O)(=O)[O-].[Na+]. The first-order chi connectivity index (χ1) is 11.4. The van der Waals surface area contributed by atoms with Crippen molar-refractivity contribution in [2.45, 2.75) is 122 Å². The minimum absolute atomic E-state index is 0. The summed E-state index contributed by atoms with van der Waals surface area (Å²) in [6.07, 6.45) is 16.1. The van der Waals surface area contributed by atoms with E-state index < -0.39 is 15.4 Å². The van der Waals surface area contributed by atoms with Crippen molar-refractivity contribution in [3.63, 3.8) is 0 Å². The summed E-state index contributed by atoms with van der Waals surface area (Å²) < 4.78 is 32.9. The van der Waals surface area contributed by atoms with Crippen molar-refractivity contribution in [1.82, 2.24) is 0 Å². The molecule has 146 valence electrons. The van der Waals surface area contributed by atoms with E-state index >= 15 is 0 Å². The predicted molar refractivity (Wildman–Crippen MR) is 100 cm³/mol. The van der Waals surface area contributed by atoms with Crippen molar-refractivity contribution in [1.29, 1.82) is 0 Å². The summed E-state index contributed by atoms with van der Waals surface area (Å²) in [7, 11) is -4.10. The molecule has 0 aliphatic carbocycles. The van der Waals surface area contributed by atoms with Crippen molar-refractivity contribution < 1.29 is 47.6 Å². The van der Waals surface area contributed by atoms with Gasteiger partial charge in [-0.2, -0.15) is 0 Å². The Labute approximate surface area is 178 Å². The van der Waals surface area contributed by atoms with E-state index in [1.54, 1.807) is 6.92 Å². The molecule has 25 heavy (non-hydrogen) atoms. The van der Waals surface area contributed by atoms with E-state index in [2.05, 4.69) is 0 Å². The van der Waals surface area contributed by atoms with Crippen LogP contribution >= 0.6 is 0 Å². The minimum atomic E-state index is -4.10. The Balaban J connectivity index is 0. The number of aliphatic hydroxyl groups excluding tert-OH is 1. The van der Waals surface area contributed by atoms with Crippen LogP contribution in [0, 0.1) is 0 Å². The van der Waals surface area contributed by atoms with Gasteiger partial charge in [-0.05, 0) is 26.2 Å². The maximum absolute atomic E-state index is 11.0. The molecule has 4 nitrogen and oxygen atoms in total. The molecule has 2 atom stereocenters. The van der Waals surface area contributed by atoms with Gasteiger partial charge >= 0.3 is 29.6 Å². The molecule has 0 bridgehead atoms. The van der Waals surface area contributed by atoms with Crippen LogP contribution in [0.4, 0.5) is 0 Å². The van der Waals surface area contributed by atoms with E-state index in [1.165, 1.54) is 51.4 Å². The number of aliphatic hydroxyl groups is 1. The average molecular weight is 387 g/mol. The van der Waals surface area contributed by atoms with Crippen LogP contribution in [-0.4, -0.2) is 29.4 Å². The molecule has 0 fully saturated rings. The molecule has 0 aliphatic rings. The summed E-state index contributed by atoms with van der Waals surface area (Å²) in [6.45, 7) is 3.63. The minimum Gasteiger partial charge on any atom is -0.748 e. The molecule has 0 amide bonds. The normalized spacial score (nSPS) is 14.1. The van der Waals surface area contributed by atoms with E-state index in [0.29, 0.717) is 12.8 Å². The Bertz CT molecular complexity index is 372. The number of hydrogen-bond donors (Lipinski definition) is 1. The third-order valence-electron chi connectivity index (χ3n) is 4.76. The van der Waals surface area contributed by atoms with Crippen LogP contribution in [0.3, 0.4) is 0 Å². The maximum Gasteiger partial charge on any atom is 1.00 e. The van der Waals surface area contributed by atoms with E-state index in [1.807, 2.05) is 6.92 Å². The quantitative estimate of drug-likeness (QED) is 0.236. The van der Waals surface area contributed by atoms with E-state index in [9.17, 15) is 13.0 Å². The van der Waals surface area contributed by atoms with Crippen LogP contribution in [0.15, 0.2) is 0 Å². The largest absolute Gasteiger partial charge is 1.00 e. The van der Waals surface area contributed by atoms with Crippen LogP contribution in [-0.2, 0) is 10.1 Å². The second-order valence-corrected chi connectivity index (χ2v) is 8.84. The Morgan fingerprint density at radius 1 is 0.760 bits per heavy atom. The zero-order valence-electron chi connectivity index (χ0n) is 16.8. The van der Waals surface area contributed by atoms with Gasteiger partial charge in [-0.25, -0.2) is 8.42 Å². The van der Waals surface area contributed by atoms with Crippen LogP contribution in [0.2, 0.25) is 0 Å². The first-order valence-electron chi connectivity index (χ1n) is 10.0. The molecule has 0 heterocycles. The average Bonchev–Trinajstić information content (AvgIpc) is 2.49. The van der Waals surface area contributed by atoms with E-state index in [-0.39, 0.29) is 35.7 Å². The van der Waals surface area contributed by atoms with Gasteiger partial charge in [0.2, 0.25) is 0 Å². The third-order valence-corrected chi connectivity index (χ3v) is 6.15. The molecule has 0 spiro atoms. The summed E-state index contributed by atoms with van der Waals surface area (Å²) in [5, 5.41) is 8.48. The van der Waals surface area contributed by atoms with Gasteiger partial charge in [0.15, 0.2) is 0 Å². The van der Waals surface area contributed by atoms with Crippen molar-refractivity contribution >= 4 is 10.1 Å². The van der Waals surface area contributed by atoms with Gasteiger partial charge in [0.05, 0.1) is 16.2 Å². The predicted octanol–water partition coefficient (Wildman–Crippen LogP) is 2.16. The standard InChI is InChI=1S/C19H40O4S.Na/c1-3-19(24(21,22)23)17-15-13-11-9-7-5-4-6-8-10-12-14-16-18(2)20;/h18-20H,3-17H2,1-2H3,(H,21,22,23);/q;+1/p-1. The molecule has 6 heteroatoms. The topological polar surface area (TPSA) is 77.4 Å². The summed E-state index contributed by atoms with van der Waals surface area (Å²) in [5.74, 6) is 0. The monoisotopic (exact) mass is 386 g/mol. The fourth-order valence-electron chi connectivity index (χ4n) is 3.13. The molecule has 2 unspecified atom stereocenters. The van der Waals surface area contributed by atoms with Gasteiger partial charge < -0.3 is 9.66 Å². The zero-order chi connectivity index (χ0) is 18.3. The molecular weight excluding hydrogens is 347 g/mol. The van der Waals surface area contributed by atoms with Crippen LogP contribution in [0.25, 0.3) is 0 Å². The Hall–Kier alpha value is 0.870. The maximum atomic E-state index is 11.0. The summed E-state index contributed by atoms with van der Waals surface area (Å²) >= 11 is 0. The van der Waals surface area contributed by atoms with Crippen molar-refractivity contribution in [3.05, 3.63) is 0 Å². The molecule has 0 aromatic heterocycles. The van der Waals surface area contributed by atoms with Crippen LogP contribution in [0.5, 0.6) is 0 Å². The molecule has 0 aliphatic heterocycles. The summed E-state index contributed by atoms with van der Waals surface area (Å²) in [6, 6.07) is 0. The van der Waals surface area contributed by atoms with Crippen molar-refractivity contribution in [3.8, 4) is 0 Å². The first-order valence-corrected chi connectivity index (χ1v) is 11.5. The Kier molecular flexibility index (Phi) is 20.5. The van der Waals surface area contributed by atoms with E-state index in [4.69, 9.17) is 5.11 Å². The second kappa shape index (κ2) is 18.2. The molecule has 0 aromatic carbocycles. The fraction of sp³-hybridized carbons (Fsp3) is 1.00. The molecule has 0 radical (unpaired) electrons. The van der Waals surface area contributed by atoms with E-state index in [0.717, 1.165) is 32.1 Å². The van der Waals surface area contributed by atoms with Gasteiger partial charge in [0, 0.05) is 5.25 Å². The molecule has 0 aromatic rings. The molecule has 1 N–H and O–H groups in total. The van der Waals surface area contributed by atoms with Crippen molar-refractivity contribution in [2.24, 2.45) is 0 Å². The van der Waals surface area contributed by atoms with Gasteiger partial charge in [-0.3, -0.25) is 0 Å². The zero-order valence-corrected chi connectivity index (χ0v) is 19.7. The van der Waals surface area contributed by atoms with Gasteiger partial charge in [0.1, 0.15) is 0 Å². The fourth-order valence-corrected chi connectivity index (χ4v) is 4.00. The summed E-state index contributed by atoms with van der Waals surface area (Å²) in [5.41, 5.74) is 0. The van der Waals surface area contributed by atoms with Crippen molar-refractivity contribution in [2.75, 3.05) is 0 Å². The molecule has 0 saturated carbocycles. The summed E-state index contributed by atoms with van der Waals surface area (Å²) in [4.78, 5) is 0. The number of rotatable bonds is 17. The number of hydrogen-bond acceptors (Lipinski definition) is 4. The van der Waals surface area contributed by atoms with Gasteiger partial charge in [-0.1, -0.05) is 84.0 Å². The van der Waals surface area contributed by atoms with Crippen LogP contribution in [0.1, 0.15) is 110 Å². The smallest absolute Gasteiger partial charge is 0.748 e. The first kappa shape index (κ1) is 28.1. The molecule has 0 rings (SSSR count). The third kappa shape index (κ3) is 19.4. The Morgan fingerprint density at radius 2 is 1.08 bits per heavy atom.